The second-order valence-corrected chi connectivity index (χ2v) is 10.2. The lowest BCUT2D eigenvalue weighted by Crippen LogP contribution is -2.52. The lowest BCUT2D eigenvalue weighted by atomic mass is 9.78. The van der Waals surface area contributed by atoms with Crippen molar-refractivity contribution >= 4 is 17.7 Å². The molecule has 0 radical (unpaired) electrons. The average Bonchev–Trinajstić information content (AvgIpc) is 3.09. The lowest BCUT2D eigenvalue weighted by molar-refractivity contribution is -0.136. The highest BCUT2D eigenvalue weighted by Gasteiger charge is 2.39. The molecule has 178 valence electrons. The first kappa shape index (κ1) is 22.5. The number of carbonyl (C=O) groups is 3. The van der Waals surface area contributed by atoms with Crippen LogP contribution in [0.1, 0.15) is 79.8 Å². The van der Waals surface area contributed by atoms with Gasteiger partial charge in [0.05, 0.1) is 6.10 Å². The zero-order valence-corrected chi connectivity index (χ0v) is 19.5. The number of amides is 3. The van der Waals surface area contributed by atoms with E-state index in [1.807, 2.05) is 6.07 Å². The number of carbonyl (C=O) groups excluding carboxylic acids is 3. The van der Waals surface area contributed by atoms with Crippen LogP contribution < -0.4 is 10.6 Å². The van der Waals surface area contributed by atoms with Crippen molar-refractivity contribution in [3.05, 3.63) is 34.9 Å². The second kappa shape index (κ2) is 9.55. The molecule has 2 N–H and O–H groups in total. The lowest BCUT2D eigenvalue weighted by Gasteiger charge is -2.41. The molecule has 1 unspecified atom stereocenters. The minimum Gasteiger partial charge on any atom is -0.378 e. The van der Waals surface area contributed by atoms with Gasteiger partial charge >= 0.3 is 0 Å². The van der Waals surface area contributed by atoms with Gasteiger partial charge in [-0.25, -0.2) is 0 Å². The molecule has 3 fully saturated rings. The van der Waals surface area contributed by atoms with Gasteiger partial charge in [-0.05, 0) is 68.6 Å². The van der Waals surface area contributed by atoms with Crippen molar-refractivity contribution in [1.29, 1.82) is 0 Å². The summed E-state index contributed by atoms with van der Waals surface area (Å²) in [6.07, 6.45) is 9.39. The van der Waals surface area contributed by atoms with Crippen molar-refractivity contribution in [3.8, 4) is 0 Å². The Morgan fingerprint density at radius 3 is 2.73 bits per heavy atom. The number of imide groups is 1. The first-order valence-electron chi connectivity index (χ1n) is 12.7. The minimum absolute atomic E-state index is 0.0999. The third-order valence-electron chi connectivity index (χ3n) is 7.94. The van der Waals surface area contributed by atoms with Gasteiger partial charge in [-0.1, -0.05) is 25.0 Å². The molecule has 3 amide bonds. The van der Waals surface area contributed by atoms with Crippen molar-refractivity contribution in [1.82, 2.24) is 15.5 Å². The topological polar surface area (TPSA) is 87.7 Å². The molecule has 5 rings (SSSR count). The van der Waals surface area contributed by atoms with Crippen LogP contribution in [0.5, 0.6) is 0 Å². The van der Waals surface area contributed by atoms with Crippen LogP contribution in [0.4, 0.5) is 0 Å². The molecule has 0 spiro atoms. The Bertz CT molecular complexity index is 926. The third-order valence-corrected chi connectivity index (χ3v) is 7.94. The van der Waals surface area contributed by atoms with E-state index >= 15 is 0 Å². The third kappa shape index (κ3) is 4.71. The van der Waals surface area contributed by atoms with Crippen LogP contribution in [0.15, 0.2) is 18.2 Å². The fourth-order valence-electron chi connectivity index (χ4n) is 6.11. The molecular weight excluding hydrogens is 418 g/mol. The van der Waals surface area contributed by atoms with E-state index in [-0.39, 0.29) is 24.1 Å². The predicted molar refractivity (Wildman–Crippen MR) is 124 cm³/mol. The van der Waals surface area contributed by atoms with Crippen LogP contribution in [-0.4, -0.2) is 53.5 Å². The number of fused-ring (bicyclic) bond motifs is 1. The number of rotatable bonds is 7. The van der Waals surface area contributed by atoms with Crippen molar-refractivity contribution in [2.45, 2.75) is 95.5 Å². The maximum Gasteiger partial charge on any atom is 0.255 e. The molecule has 0 bridgehead atoms. The van der Waals surface area contributed by atoms with Gasteiger partial charge in [-0.3, -0.25) is 19.7 Å². The minimum atomic E-state index is -0.555. The molecule has 4 aliphatic rings. The summed E-state index contributed by atoms with van der Waals surface area (Å²) >= 11 is 0. The molecule has 7 nitrogen and oxygen atoms in total. The maximum absolute atomic E-state index is 13.0. The summed E-state index contributed by atoms with van der Waals surface area (Å²) in [6.45, 7) is 3.30. The van der Waals surface area contributed by atoms with E-state index in [1.54, 1.807) is 4.90 Å². The number of benzene rings is 1. The Kier molecular flexibility index (Phi) is 6.52. The van der Waals surface area contributed by atoms with Gasteiger partial charge < -0.3 is 15.0 Å². The van der Waals surface area contributed by atoms with E-state index in [0.717, 1.165) is 31.4 Å². The highest BCUT2D eigenvalue weighted by molar-refractivity contribution is 6.05. The Hall–Kier alpha value is -2.25. The van der Waals surface area contributed by atoms with Gasteiger partial charge in [0.25, 0.3) is 5.91 Å². The number of hydrogen-bond donors (Lipinski definition) is 2. The fraction of sp³-hybridized carbons (Fsp3) is 0.654. The molecule has 2 aliphatic heterocycles. The summed E-state index contributed by atoms with van der Waals surface area (Å²) in [5.74, 6) is -0.108. The van der Waals surface area contributed by atoms with Gasteiger partial charge in [0.1, 0.15) is 6.04 Å². The Morgan fingerprint density at radius 1 is 1.12 bits per heavy atom. The fourth-order valence-corrected chi connectivity index (χ4v) is 6.11. The van der Waals surface area contributed by atoms with Gasteiger partial charge in [0.15, 0.2) is 0 Å². The van der Waals surface area contributed by atoms with E-state index in [0.29, 0.717) is 42.6 Å². The van der Waals surface area contributed by atoms with E-state index in [9.17, 15) is 14.4 Å². The molecule has 2 saturated carbocycles. The summed E-state index contributed by atoms with van der Waals surface area (Å²) in [5, 5.41) is 6.29. The van der Waals surface area contributed by atoms with Crippen molar-refractivity contribution in [2.75, 3.05) is 6.61 Å². The Morgan fingerprint density at radius 2 is 1.94 bits per heavy atom. The molecule has 33 heavy (non-hydrogen) atoms. The first-order chi connectivity index (χ1) is 16.0. The monoisotopic (exact) mass is 453 g/mol. The SMILES string of the molecule is CCOC1CC(N[C@H]2CCCC[C@@H]2Cc2ccc3c(c2)CN(C2CCC(=O)NC2=O)C3=O)C1. The summed E-state index contributed by atoms with van der Waals surface area (Å²) in [7, 11) is 0. The zero-order chi connectivity index (χ0) is 22.9. The number of piperidine rings is 1. The Labute approximate surface area is 195 Å². The molecular formula is C26H35N3O4. The molecule has 2 aliphatic carbocycles. The molecule has 1 aromatic carbocycles. The van der Waals surface area contributed by atoms with E-state index in [4.69, 9.17) is 4.74 Å². The number of nitrogens with zero attached hydrogens (tertiary/aromatic N) is 1. The molecule has 1 saturated heterocycles. The summed E-state index contributed by atoms with van der Waals surface area (Å²) < 4.78 is 5.72. The molecule has 1 aromatic rings. The second-order valence-electron chi connectivity index (χ2n) is 10.2. The standard InChI is InChI=1S/C26H35N3O4/c1-2-33-20-13-19(14-20)27-22-6-4-3-5-17(22)11-16-7-8-21-18(12-16)15-29(26(21)32)23-9-10-24(30)28-25(23)31/h7-8,12,17,19-20,22-23,27H,2-6,9-11,13-15H2,1H3,(H,28,30,31)/t17-,19?,20?,22+,23?/m1/s1. The summed E-state index contributed by atoms with van der Waals surface area (Å²) in [6, 6.07) is 6.75. The van der Waals surface area contributed by atoms with Crippen LogP contribution in [-0.2, 0) is 27.3 Å². The normalized spacial score (nSPS) is 31.8. The van der Waals surface area contributed by atoms with Gasteiger partial charge in [-0.15, -0.1) is 0 Å². The van der Waals surface area contributed by atoms with E-state index in [1.165, 1.54) is 31.2 Å². The largest absolute Gasteiger partial charge is 0.378 e. The average molecular weight is 454 g/mol. The highest BCUT2D eigenvalue weighted by atomic mass is 16.5. The van der Waals surface area contributed by atoms with Crippen LogP contribution in [0, 0.1) is 5.92 Å². The number of ether oxygens (including phenoxy) is 1. The maximum atomic E-state index is 13.0. The molecule has 3 atom stereocenters. The van der Waals surface area contributed by atoms with Crippen molar-refractivity contribution < 1.29 is 19.1 Å². The van der Waals surface area contributed by atoms with Crippen LogP contribution in [0.2, 0.25) is 0 Å². The van der Waals surface area contributed by atoms with E-state index in [2.05, 4.69) is 29.7 Å². The van der Waals surface area contributed by atoms with Crippen molar-refractivity contribution in [3.63, 3.8) is 0 Å². The summed E-state index contributed by atoms with van der Waals surface area (Å²) in [5.41, 5.74) is 2.96. The highest BCUT2D eigenvalue weighted by Crippen LogP contribution is 2.33. The van der Waals surface area contributed by atoms with Crippen LogP contribution in [0.3, 0.4) is 0 Å². The molecule has 0 aromatic heterocycles. The van der Waals surface area contributed by atoms with Gasteiger partial charge in [0.2, 0.25) is 11.8 Å². The van der Waals surface area contributed by atoms with Gasteiger partial charge in [0, 0.05) is 37.2 Å². The predicted octanol–water partition coefficient (Wildman–Crippen LogP) is 2.71. The number of hydrogen-bond acceptors (Lipinski definition) is 5. The molecule has 2 heterocycles. The van der Waals surface area contributed by atoms with Crippen LogP contribution in [0.25, 0.3) is 0 Å². The smallest absolute Gasteiger partial charge is 0.255 e. The van der Waals surface area contributed by atoms with E-state index < -0.39 is 6.04 Å². The Balaban J connectivity index is 1.22. The number of nitrogens with one attached hydrogen (secondary N) is 2. The summed E-state index contributed by atoms with van der Waals surface area (Å²) in [4.78, 5) is 38.4. The molecule has 7 heteroatoms. The van der Waals surface area contributed by atoms with Crippen molar-refractivity contribution in [2.24, 2.45) is 5.92 Å². The van der Waals surface area contributed by atoms with Crippen LogP contribution >= 0.6 is 0 Å². The quantitative estimate of drug-likeness (QED) is 0.620. The first-order valence-corrected chi connectivity index (χ1v) is 12.7. The zero-order valence-electron chi connectivity index (χ0n) is 19.5. The van der Waals surface area contributed by atoms with Gasteiger partial charge in [-0.2, -0.15) is 0 Å².